The van der Waals surface area contributed by atoms with E-state index in [1.807, 2.05) is 43.3 Å². The topological polar surface area (TPSA) is 64.4 Å². The van der Waals surface area contributed by atoms with Crippen molar-refractivity contribution in [3.63, 3.8) is 0 Å². The second kappa shape index (κ2) is 10.4. The molecular formula is C27H26FN3O3. The Morgan fingerprint density at radius 2 is 1.71 bits per heavy atom. The van der Waals surface area contributed by atoms with E-state index in [1.54, 1.807) is 34.8 Å². The summed E-state index contributed by atoms with van der Waals surface area (Å²) in [6.07, 6.45) is 0. The van der Waals surface area contributed by atoms with Crippen molar-refractivity contribution in [2.24, 2.45) is 0 Å². The Balaban J connectivity index is 1.83. The number of benzene rings is 3. The third kappa shape index (κ3) is 4.89. The van der Waals surface area contributed by atoms with Crippen molar-refractivity contribution >= 4 is 16.8 Å². The van der Waals surface area contributed by atoms with Crippen molar-refractivity contribution in [3.8, 4) is 0 Å². The van der Waals surface area contributed by atoms with Crippen LogP contribution in [0.4, 0.5) is 4.39 Å². The lowest BCUT2D eigenvalue weighted by Gasteiger charge is -2.31. The number of carbonyl (C=O) groups is 1. The molecule has 1 unspecified atom stereocenters. The van der Waals surface area contributed by atoms with Gasteiger partial charge in [-0.2, -0.15) is 0 Å². The number of ether oxygens (including phenoxy) is 1. The molecule has 0 bridgehead atoms. The molecule has 1 heterocycles. The van der Waals surface area contributed by atoms with Gasteiger partial charge in [-0.3, -0.25) is 14.2 Å². The lowest BCUT2D eigenvalue weighted by Crippen LogP contribution is -2.38. The standard InChI is InChI=1S/C27H26FN3O3/c1-19(25-29-24-11-7-6-10-23(24)27(33)30(25)16-17-34-2)31(18-20-8-4-3-5-9-20)26(32)21-12-14-22(28)15-13-21/h3-15,19H,16-18H2,1-2H3. The summed E-state index contributed by atoms with van der Waals surface area (Å²) in [6.45, 7) is 2.77. The Morgan fingerprint density at radius 1 is 1.03 bits per heavy atom. The van der Waals surface area contributed by atoms with Gasteiger partial charge in [-0.05, 0) is 48.9 Å². The average Bonchev–Trinajstić information content (AvgIpc) is 2.87. The van der Waals surface area contributed by atoms with Gasteiger partial charge in [0.1, 0.15) is 11.6 Å². The molecule has 0 aliphatic rings. The van der Waals surface area contributed by atoms with Gasteiger partial charge in [-0.15, -0.1) is 0 Å². The maximum absolute atomic E-state index is 13.6. The molecule has 0 aliphatic carbocycles. The van der Waals surface area contributed by atoms with Crippen LogP contribution in [0.2, 0.25) is 0 Å². The van der Waals surface area contributed by atoms with Crippen molar-refractivity contribution in [1.29, 1.82) is 0 Å². The van der Waals surface area contributed by atoms with Crippen LogP contribution in [0.3, 0.4) is 0 Å². The number of amides is 1. The van der Waals surface area contributed by atoms with E-state index in [-0.39, 0.29) is 11.5 Å². The first kappa shape index (κ1) is 23.3. The number of hydrogen-bond acceptors (Lipinski definition) is 4. The summed E-state index contributed by atoms with van der Waals surface area (Å²) < 4.78 is 20.3. The molecule has 0 N–H and O–H groups in total. The molecule has 0 fully saturated rings. The highest BCUT2D eigenvalue weighted by molar-refractivity contribution is 5.94. The average molecular weight is 460 g/mol. The summed E-state index contributed by atoms with van der Waals surface area (Å²) in [4.78, 5) is 33.4. The maximum atomic E-state index is 13.6. The molecule has 34 heavy (non-hydrogen) atoms. The molecule has 7 heteroatoms. The van der Waals surface area contributed by atoms with Crippen LogP contribution in [0.5, 0.6) is 0 Å². The van der Waals surface area contributed by atoms with Crippen molar-refractivity contribution in [1.82, 2.24) is 14.5 Å². The van der Waals surface area contributed by atoms with Gasteiger partial charge < -0.3 is 9.64 Å². The van der Waals surface area contributed by atoms with E-state index in [9.17, 15) is 14.0 Å². The van der Waals surface area contributed by atoms with E-state index >= 15 is 0 Å². The molecule has 174 valence electrons. The Labute approximate surface area is 197 Å². The minimum Gasteiger partial charge on any atom is -0.383 e. The molecule has 0 saturated heterocycles. The van der Waals surface area contributed by atoms with Gasteiger partial charge in [-0.1, -0.05) is 42.5 Å². The predicted octanol–water partition coefficient (Wildman–Crippen LogP) is 4.59. The zero-order chi connectivity index (χ0) is 24.1. The Bertz CT molecular complexity index is 1340. The van der Waals surface area contributed by atoms with Gasteiger partial charge in [0.15, 0.2) is 0 Å². The first-order valence-corrected chi connectivity index (χ1v) is 11.1. The molecule has 0 spiro atoms. The van der Waals surface area contributed by atoms with Crippen molar-refractivity contribution in [2.45, 2.75) is 26.1 Å². The molecule has 1 atom stereocenters. The summed E-state index contributed by atoms with van der Waals surface area (Å²) in [5.74, 6) is -0.229. The number of rotatable bonds is 8. The van der Waals surface area contributed by atoms with Crippen LogP contribution in [-0.2, 0) is 17.8 Å². The van der Waals surface area contributed by atoms with Crippen LogP contribution in [0.25, 0.3) is 10.9 Å². The number of hydrogen-bond donors (Lipinski definition) is 0. The van der Waals surface area contributed by atoms with Gasteiger partial charge in [-0.25, -0.2) is 9.37 Å². The molecule has 0 saturated carbocycles. The first-order chi connectivity index (χ1) is 16.5. The van der Waals surface area contributed by atoms with Crippen LogP contribution in [0.1, 0.15) is 34.7 Å². The molecule has 0 aliphatic heterocycles. The normalized spacial score (nSPS) is 12.0. The molecule has 1 aromatic heterocycles. The fourth-order valence-electron chi connectivity index (χ4n) is 3.97. The van der Waals surface area contributed by atoms with Crippen molar-refractivity contribution < 1.29 is 13.9 Å². The van der Waals surface area contributed by atoms with E-state index < -0.39 is 11.9 Å². The van der Waals surface area contributed by atoms with Crippen molar-refractivity contribution in [3.05, 3.63) is 112 Å². The number of carbonyl (C=O) groups excluding carboxylic acids is 1. The number of halogens is 1. The van der Waals surface area contributed by atoms with Gasteiger partial charge >= 0.3 is 0 Å². The zero-order valence-electron chi connectivity index (χ0n) is 19.1. The SMILES string of the molecule is COCCn1c(C(C)N(Cc2ccccc2)C(=O)c2ccc(F)cc2)nc2ccccc2c1=O. The third-order valence-electron chi connectivity index (χ3n) is 5.80. The number of nitrogens with zero attached hydrogens (tertiary/aromatic N) is 3. The van der Waals surface area contributed by atoms with E-state index in [2.05, 4.69) is 0 Å². The lowest BCUT2D eigenvalue weighted by molar-refractivity contribution is 0.0660. The first-order valence-electron chi connectivity index (χ1n) is 11.1. The summed E-state index contributed by atoms with van der Waals surface area (Å²) >= 11 is 0. The molecule has 0 radical (unpaired) electrons. The Hall–Kier alpha value is -3.84. The highest BCUT2D eigenvalue weighted by atomic mass is 19.1. The van der Waals surface area contributed by atoms with E-state index in [0.29, 0.717) is 42.0 Å². The maximum Gasteiger partial charge on any atom is 0.261 e. The third-order valence-corrected chi connectivity index (χ3v) is 5.80. The van der Waals surface area contributed by atoms with Crippen LogP contribution in [0.15, 0.2) is 83.7 Å². The number of fused-ring (bicyclic) bond motifs is 1. The summed E-state index contributed by atoms with van der Waals surface area (Å²) in [5, 5.41) is 0.508. The molecule has 4 aromatic rings. The van der Waals surface area contributed by atoms with E-state index in [1.165, 1.54) is 24.3 Å². The van der Waals surface area contributed by atoms with Crippen LogP contribution in [0, 0.1) is 5.82 Å². The summed E-state index contributed by atoms with van der Waals surface area (Å²) in [6, 6.07) is 21.7. The van der Waals surface area contributed by atoms with Crippen molar-refractivity contribution in [2.75, 3.05) is 13.7 Å². The molecule has 4 rings (SSSR count). The summed E-state index contributed by atoms with van der Waals surface area (Å²) in [7, 11) is 1.57. The molecule has 3 aromatic carbocycles. The predicted molar refractivity (Wildman–Crippen MR) is 129 cm³/mol. The number of methoxy groups -OCH3 is 1. The highest BCUT2D eigenvalue weighted by Crippen LogP contribution is 2.25. The summed E-state index contributed by atoms with van der Waals surface area (Å²) in [5.41, 5.74) is 1.67. The Morgan fingerprint density at radius 3 is 2.41 bits per heavy atom. The van der Waals surface area contributed by atoms with Gasteiger partial charge in [0.25, 0.3) is 11.5 Å². The second-order valence-corrected chi connectivity index (χ2v) is 8.04. The van der Waals surface area contributed by atoms with E-state index in [4.69, 9.17) is 9.72 Å². The molecular weight excluding hydrogens is 433 g/mol. The van der Waals surface area contributed by atoms with Gasteiger partial charge in [0.05, 0.1) is 30.1 Å². The van der Waals surface area contributed by atoms with Crippen LogP contribution < -0.4 is 5.56 Å². The largest absolute Gasteiger partial charge is 0.383 e. The smallest absolute Gasteiger partial charge is 0.261 e. The fourth-order valence-corrected chi connectivity index (χ4v) is 3.97. The minimum absolute atomic E-state index is 0.182. The minimum atomic E-state index is -0.549. The zero-order valence-corrected chi connectivity index (χ0v) is 19.1. The molecule has 6 nitrogen and oxygen atoms in total. The second-order valence-electron chi connectivity index (χ2n) is 8.04. The number of aromatic nitrogens is 2. The molecule has 1 amide bonds. The highest BCUT2D eigenvalue weighted by Gasteiger charge is 2.27. The van der Waals surface area contributed by atoms with Crippen LogP contribution in [-0.4, -0.2) is 34.1 Å². The quantitative estimate of drug-likeness (QED) is 0.387. The van der Waals surface area contributed by atoms with E-state index in [0.717, 1.165) is 5.56 Å². The lowest BCUT2D eigenvalue weighted by atomic mass is 10.1. The van der Waals surface area contributed by atoms with Gasteiger partial charge in [0, 0.05) is 19.2 Å². The monoisotopic (exact) mass is 459 g/mol. The van der Waals surface area contributed by atoms with Gasteiger partial charge in [0.2, 0.25) is 0 Å². The van der Waals surface area contributed by atoms with Crippen LogP contribution >= 0.6 is 0 Å². The number of para-hydroxylation sites is 1. The Kier molecular flexibility index (Phi) is 7.13. The fraction of sp³-hybridized carbons (Fsp3) is 0.222.